The largest absolute Gasteiger partial charge is 0.434 e. The molecule has 0 N–H and O–H groups in total. The molecule has 0 spiro atoms. The molecule has 9 heteroatoms. The zero-order chi connectivity index (χ0) is 18.9. The van der Waals surface area contributed by atoms with Crippen molar-refractivity contribution in [1.82, 2.24) is 24.2 Å². The lowest BCUT2D eigenvalue weighted by atomic mass is 9.99. The molecular formula is C17H22F3N5O. The predicted molar refractivity (Wildman–Crippen MR) is 88.2 cm³/mol. The molecule has 1 aliphatic heterocycles. The van der Waals surface area contributed by atoms with E-state index in [2.05, 4.69) is 10.1 Å². The lowest BCUT2D eigenvalue weighted by Crippen LogP contribution is -2.35. The maximum absolute atomic E-state index is 12.8. The van der Waals surface area contributed by atoms with Gasteiger partial charge >= 0.3 is 6.18 Å². The molecule has 6 nitrogen and oxygen atoms in total. The van der Waals surface area contributed by atoms with Crippen LogP contribution < -0.4 is 0 Å². The number of carbonyl (C=O) groups excluding carboxylic acids is 1. The first-order valence-corrected chi connectivity index (χ1v) is 8.58. The van der Waals surface area contributed by atoms with Crippen molar-refractivity contribution in [1.29, 1.82) is 0 Å². The molecule has 0 unspecified atom stereocenters. The smallest absolute Gasteiger partial charge is 0.345 e. The highest BCUT2D eigenvalue weighted by Crippen LogP contribution is 2.30. The van der Waals surface area contributed by atoms with Crippen LogP contribution in [-0.2, 0) is 37.4 Å². The van der Waals surface area contributed by atoms with Crippen molar-refractivity contribution in [2.24, 2.45) is 13.0 Å². The molecule has 2 aromatic rings. The zero-order valence-corrected chi connectivity index (χ0v) is 14.8. The highest BCUT2D eigenvalue weighted by molar-refractivity contribution is 5.76. The van der Waals surface area contributed by atoms with Gasteiger partial charge in [0.2, 0.25) is 5.91 Å². The second-order valence-corrected chi connectivity index (χ2v) is 6.82. The van der Waals surface area contributed by atoms with Gasteiger partial charge in [0.05, 0.1) is 0 Å². The van der Waals surface area contributed by atoms with Gasteiger partial charge in [-0.1, -0.05) is 0 Å². The van der Waals surface area contributed by atoms with E-state index < -0.39 is 11.9 Å². The van der Waals surface area contributed by atoms with Crippen LogP contribution >= 0.6 is 0 Å². The van der Waals surface area contributed by atoms with Crippen molar-refractivity contribution in [2.45, 2.75) is 38.4 Å². The van der Waals surface area contributed by atoms with E-state index in [1.807, 2.05) is 13.1 Å². The average molecular weight is 369 g/mol. The van der Waals surface area contributed by atoms with Gasteiger partial charge in [-0.2, -0.15) is 18.3 Å². The second kappa shape index (κ2) is 7.13. The molecule has 26 heavy (non-hydrogen) atoms. The Balaban J connectivity index is 1.53. The summed E-state index contributed by atoms with van der Waals surface area (Å²) in [6.45, 7) is 0.987. The summed E-state index contributed by atoms with van der Waals surface area (Å²) in [6.07, 6.45) is 0.585. The van der Waals surface area contributed by atoms with Crippen LogP contribution in [0.3, 0.4) is 0 Å². The van der Waals surface area contributed by atoms with Crippen LogP contribution in [0.15, 0.2) is 18.5 Å². The number of aryl methyl sites for hydroxylation is 3. The Morgan fingerprint density at radius 2 is 2.19 bits per heavy atom. The van der Waals surface area contributed by atoms with Gasteiger partial charge in [-0.3, -0.25) is 9.48 Å². The molecule has 142 valence electrons. The molecule has 1 atom stereocenters. The summed E-state index contributed by atoms with van der Waals surface area (Å²) >= 11 is 0. The van der Waals surface area contributed by atoms with Crippen LogP contribution in [0.5, 0.6) is 0 Å². The number of imidazole rings is 1. The Kier molecular flexibility index (Phi) is 5.06. The number of aromatic nitrogens is 4. The summed E-state index contributed by atoms with van der Waals surface area (Å²) in [5, 5.41) is 4.08. The normalized spacial score (nSPS) is 17.2. The van der Waals surface area contributed by atoms with Gasteiger partial charge in [-0.05, 0) is 24.8 Å². The quantitative estimate of drug-likeness (QED) is 0.813. The average Bonchev–Trinajstić information content (AvgIpc) is 3.17. The molecule has 2 aromatic heterocycles. The van der Waals surface area contributed by atoms with Crippen LogP contribution in [0.2, 0.25) is 0 Å². The molecular weight excluding hydrogens is 347 g/mol. The Bertz CT molecular complexity index is 780. The van der Waals surface area contributed by atoms with E-state index in [4.69, 9.17) is 0 Å². The first kappa shape index (κ1) is 18.5. The number of hydrogen-bond acceptors (Lipinski definition) is 3. The molecule has 3 rings (SSSR count). The number of amides is 1. The van der Waals surface area contributed by atoms with Gasteiger partial charge in [0, 0.05) is 58.1 Å². The maximum atomic E-state index is 12.8. The van der Waals surface area contributed by atoms with Gasteiger partial charge < -0.3 is 9.47 Å². The van der Waals surface area contributed by atoms with Crippen LogP contribution in [0, 0.1) is 5.92 Å². The number of alkyl halides is 3. The van der Waals surface area contributed by atoms with Gasteiger partial charge in [0.15, 0.2) is 5.69 Å². The van der Waals surface area contributed by atoms with Gasteiger partial charge in [-0.25, -0.2) is 4.98 Å². The topological polar surface area (TPSA) is 56.0 Å². The third-order valence-electron chi connectivity index (χ3n) is 4.86. The molecule has 0 aliphatic carbocycles. The van der Waals surface area contributed by atoms with Crippen molar-refractivity contribution >= 4 is 5.91 Å². The summed E-state index contributed by atoms with van der Waals surface area (Å²) in [5.41, 5.74) is 0.154. The van der Waals surface area contributed by atoms with E-state index in [1.54, 1.807) is 27.4 Å². The van der Waals surface area contributed by atoms with E-state index >= 15 is 0 Å². The number of nitrogens with zero attached hydrogens (tertiary/aromatic N) is 5. The minimum Gasteiger partial charge on any atom is -0.345 e. The fourth-order valence-electron chi connectivity index (χ4n) is 3.36. The molecule has 1 aliphatic rings. The molecule has 0 fully saturated rings. The van der Waals surface area contributed by atoms with Crippen molar-refractivity contribution in [3.05, 3.63) is 35.7 Å². The zero-order valence-electron chi connectivity index (χ0n) is 14.8. The van der Waals surface area contributed by atoms with Gasteiger partial charge in [-0.15, -0.1) is 0 Å². The summed E-state index contributed by atoms with van der Waals surface area (Å²) in [7, 11) is 3.58. The Morgan fingerprint density at radius 3 is 2.85 bits per heavy atom. The molecule has 0 aromatic carbocycles. The molecule has 0 saturated heterocycles. The summed E-state index contributed by atoms with van der Waals surface area (Å²) < 4.78 is 41.7. The van der Waals surface area contributed by atoms with E-state index in [0.717, 1.165) is 18.3 Å². The number of rotatable bonds is 5. The fourth-order valence-corrected chi connectivity index (χ4v) is 3.36. The molecule has 1 amide bonds. The van der Waals surface area contributed by atoms with E-state index in [-0.39, 0.29) is 11.8 Å². The first-order valence-electron chi connectivity index (χ1n) is 8.58. The lowest BCUT2D eigenvalue weighted by Gasteiger charge is -2.28. The van der Waals surface area contributed by atoms with Crippen LogP contribution in [-0.4, -0.2) is 43.7 Å². The maximum Gasteiger partial charge on any atom is 0.434 e. The monoisotopic (exact) mass is 369 g/mol. The lowest BCUT2D eigenvalue weighted by molar-refractivity contribution is -0.141. The third-order valence-corrected chi connectivity index (χ3v) is 4.86. The van der Waals surface area contributed by atoms with Crippen LogP contribution in [0.4, 0.5) is 13.2 Å². The second-order valence-electron chi connectivity index (χ2n) is 6.82. The van der Waals surface area contributed by atoms with Gasteiger partial charge in [0.25, 0.3) is 0 Å². The number of fused-ring (bicyclic) bond motifs is 1. The van der Waals surface area contributed by atoms with E-state index in [1.165, 1.54) is 0 Å². The summed E-state index contributed by atoms with van der Waals surface area (Å²) in [4.78, 5) is 17.7. The van der Waals surface area contributed by atoms with E-state index in [0.29, 0.717) is 38.2 Å². The van der Waals surface area contributed by atoms with Crippen molar-refractivity contribution in [2.75, 3.05) is 13.6 Å². The SMILES string of the molecule is CN(C[C@@H]1CCc2nc(C(F)(F)F)cn2C1)C(=O)CCc1ccnn1C. The van der Waals surface area contributed by atoms with Crippen molar-refractivity contribution in [3.8, 4) is 0 Å². The number of halogens is 3. The number of carbonyl (C=O) groups is 1. The van der Waals surface area contributed by atoms with Crippen LogP contribution in [0.25, 0.3) is 0 Å². The van der Waals surface area contributed by atoms with E-state index in [9.17, 15) is 18.0 Å². The Labute approximate surface area is 149 Å². The summed E-state index contributed by atoms with van der Waals surface area (Å²) in [6, 6.07) is 1.88. The Morgan fingerprint density at radius 1 is 1.42 bits per heavy atom. The number of hydrogen-bond donors (Lipinski definition) is 0. The third kappa shape index (κ3) is 4.08. The fraction of sp³-hybridized carbons (Fsp3) is 0.588. The first-order chi connectivity index (χ1) is 12.2. The standard InChI is InChI=1S/C17H22F3N5O/c1-23(16(26)6-4-13-7-8-21-24(13)2)9-12-3-5-15-22-14(17(18,19)20)11-25(15)10-12/h7-8,11-12H,3-6,9-10H2,1-2H3/t12-/m0/s1. The molecule has 0 bridgehead atoms. The van der Waals surface area contributed by atoms with Gasteiger partial charge in [0.1, 0.15) is 5.82 Å². The summed E-state index contributed by atoms with van der Waals surface area (Å²) in [5.74, 6) is 0.626. The van der Waals surface area contributed by atoms with Crippen LogP contribution in [0.1, 0.15) is 30.1 Å². The molecule has 3 heterocycles. The molecule has 0 saturated carbocycles. The minimum absolute atomic E-state index is 0.0265. The Hall–Kier alpha value is -2.32. The highest BCUT2D eigenvalue weighted by Gasteiger charge is 2.35. The van der Waals surface area contributed by atoms with Crippen molar-refractivity contribution < 1.29 is 18.0 Å². The predicted octanol–water partition coefficient (Wildman–Crippen LogP) is 2.29. The molecule has 0 radical (unpaired) electrons. The minimum atomic E-state index is -4.42. The highest BCUT2D eigenvalue weighted by atomic mass is 19.4. The van der Waals surface area contributed by atoms with Crippen molar-refractivity contribution in [3.63, 3.8) is 0 Å².